The van der Waals surface area contributed by atoms with Crippen molar-refractivity contribution in [3.8, 4) is 0 Å². The Morgan fingerprint density at radius 3 is 2.43 bits per heavy atom. The molecule has 1 heterocycles. The predicted octanol–water partition coefficient (Wildman–Crippen LogP) is -1.02. The first-order chi connectivity index (χ1) is 5.86. The van der Waals surface area contributed by atoms with Crippen molar-refractivity contribution in [2.24, 2.45) is 0 Å². The smallest absolute Gasteiger partial charge is 0.358 e. The number of piperidine rings is 1. The van der Waals surface area contributed by atoms with E-state index in [1.165, 1.54) is 26.1 Å². The van der Waals surface area contributed by atoms with Gasteiger partial charge < -0.3 is 24.1 Å². The molecule has 0 spiro atoms. The van der Waals surface area contributed by atoms with E-state index >= 15 is 0 Å². The van der Waals surface area contributed by atoms with Gasteiger partial charge >= 0.3 is 51.4 Å². The van der Waals surface area contributed by atoms with E-state index in [0.29, 0.717) is 6.04 Å². The predicted molar refractivity (Wildman–Crippen MR) is 61.6 cm³/mol. The van der Waals surface area contributed by atoms with Crippen molar-refractivity contribution >= 4 is 0 Å². The van der Waals surface area contributed by atoms with Crippen LogP contribution in [0.3, 0.4) is 0 Å². The summed E-state index contributed by atoms with van der Waals surface area (Å²) in [7, 11) is 2.03. The van der Waals surface area contributed by atoms with Gasteiger partial charge in [0.1, 0.15) is 0 Å². The molecule has 82 valence electrons. The number of likely N-dealkylation sites (N-methyl/N-ethyl adjacent to an activating group) is 2. The minimum atomic E-state index is 0. The minimum absolute atomic E-state index is 0. The Labute approximate surface area is 134 Å². The van der Waals surface area contributed by atoms with E-state index in [2.05, 4.69) is 23.6 Å². The maximum atomic E-state index is 3.27. The number of nitrogens with zero attached hydrogens (tertiary/aromatic N) is 1. The van der Waals surface area contributed by atoms with Crippen LogP contribution in [-0.2, 0) is 0 Å². The van der Waals surface area contributed by atoms with Crippen molar-refractivity contribution < 1.29 is 51.4 Å². The normalized spacial score (nSPS) is 21.0. The van der Waals surface area contributed by atoms with Gasteiger partial charge in [-0.1, -0.05) is 20.8 Å². The fourth-order valence-electron chi connectivity index (χ4n) is 1.40. The molecule has 0 radical (unpaired) electrons. The molecule has 0 aromatic rings. The van der Waals surface area contributed by atoms with Gasteiger partial charge in [-0.3, -0.25) is 0 Å². The summed E-state index contributed by atoms with van der Waals surface area (Å²) in [5, 5.41) is 3.27. The summed E-state index contributed by atoms with van der Waals surface area (Å²) < 4.78 is 0. The number of rotatable bonds is 2. The fraction of sp³-hybridized carbons (Fsp3) is 0.818. The molecular weight excluding hydrogens is 199 g/mol. The van der Waals surface area contributed by atoms with E-state index in [1.54, 1.807) is 0 Å². The van der Waals surface area contributed by atoms with Crippen LogP contribution in [0.4, 0.5) is 0 Å². The van der Waals surface area contributed by atoms with Crippen molar-refractivity contribution in [2.75, 3.05) is 26.7 Å². The summed E-state index contributed by atoms with van der Waals surface area (Å²) in [6, 6.07) is 0.619. The van der Waals surface area contributed by atoms with E-state index in [0.717, 1.165) is 0 Å². The first-order valence-corrected chi connectivity index (χ1v) is 5.09. The molecule has 0 amide bonds. The minimum Gasteiger partial charge on any atom is -0.358 e. The third kappa shape index (κ3) is 8.83. The van der Waals surface area contributed by atoms with E-state index in [9.17, 15) is 0 Å². The summed E-state index contributed by atoms with van der Waals surface area (Å²) in [6.07, 6.45) is 3.60. The third-order valence-corrected chi connectivity index (χ3v) is 2.17. The Bertz CT molecular complexity index is 89.3. The molecule has 1 aliphatic rings. The average molecular weight is 225 g/mol. The van der Waals surface area contributed by atoms with E-state index in [1.807, 2.05) is 20.9 Å². The Kier molecular flexibility index (Phi) is 21.7. The maximum Gasteiger partial charge on any atom is 1.00 e. The Morgan fingerprint density at radius 2 is 2.00 bits per heavy atom. The Balaban J connectivity index is -0.000000284. The fourth-order valence-corrected chi connectivity index (χ4v) is 1.40. The number of hydrogen-bond donors (Lipinski definition) is 1. The van der Waals surface area contributed by atoms with Crippen molar-refractivity contribution in [1.82, 2.24) is 10.2 Å². The van der Waals surface area contributed by atoms with Crippen LogP contribution in [0.15, 0.2) is 0 Å². The molecule has 0 aliphatic carbocycles. The molecule has 3 heteroatoms. The zero-order chi connectivity index (χ0) is 9.40. The van der Waals surface area contributed by atoms with Gasteiger partial charge in [0.25, 0.3) is 0 Å². The van der Waals surface area contributed by atoms with Gasteiger partial charge in [0, 0.05) is 0 Å². The van der Waals surface area contributed by atoms with Crippen molar-refractivity contribution in [2.45, 2.75) is 33.2 Å². The number of hydrogen-bond acceptors (Lipinski definition) is 2. The number of likely N-dealkylation sites (tertiary alicyclic amines) is 1. The first kappa shape index (κ1) is 20.9. The van der Waals surface area contributed by atoms with Gasteiger partial charge in [0.2, 0.25) is 0 Å². The van der Waals surface area contributed by atoms with Crippen LogP contribution in [-0.4, -0.2) is 37.6 Å². The van der Waals surface area contributed by atoms with Crippen molar-refractivity contribution in [3.63, 3.8) is 0 Å². The summed E-state index contributed by atoms with van der Waals surface area (Å²) in [5.74, 6) is 0. The zero-order valence-electron chi connectivity index (χ0n) is 10.9. The molecule has 14 heavy (non-hydrogen) atoms. The second kappa shape index (κ2) is 14.6. The molecule has 1 rings (SSSR count). The van der Waals surface area contributed by atoms with Crippen LogP contribution in [0, 0.1) is 13.8 Å². The van der Waals surface area contributed by atoms with Crippen LogP contribution in [0.1, 0.15) is 27.2 Å². The SMILES string of the molecule is CC.CCN1CC[CH-]C(NC)C1.[CH3-].[K+]. The van der Waals surface area contributed by atoms with Gasteiger partial charge in [-0.25, -0.2) is 0 Å². The van der Waals surface area contributed by atoms with Gasteiger partial charge in [0.15, 0.2) is 0 Å². The first-order valence-electron chi connectivity index (χ1n) is 5.09. The molecule has 1 N–H and O–H groups in total. The summed E-state index contributed by atoms with van der Waals surface area (Å²) in [5.41, 5.74) is 0. The standard InChI is InChI=1S/C8H17N2.C2H6.CH3.K/c1-3-10-6-4-5-8(7-10)9-2;1-2;;/h5,8-9H,3-4,6-7H2,1-2H3;1-2H3;1H3;/q-1;;-1;+1. The number of nitrogens with one attached hydrogen (secondary N) is 1. The van der Waals surface area contributed by atoms with Crippen molar-refractivity contribution in [1.29, 1.82) is 0 Å². The van der Waals surface area contributed by atoms with Gasteiger partial charge in [-0.15, -0.1) is 6.04 Å². The van der Waals surface area contributed by atoms with Gasteiger partial charge in [-0.05, 0) is 26.7 Å². The molecule has 1 saturated heterocycles. The third-order valence-electron chi connectivity index (χ3n) is 2.17. The second-order valence-electron chi connectivity index (χ2n) is 2.81. The maximum absolute atomic E-state index is 3.27. The Hall–Kier alpha value is 1.56. The van der Waals surface area contributed by atoms with E-state index < -0.39 is 0 Å². The largest absolute Gasteiger partial charge is 1.00 e. The Morgan fingerprint density at radius 1 is 1.43 bits per heavy atom. The van der Waals surface area contributed by atoms with Crippen molar-refractivity contribution in [3.05, 3.63) is 13.8 Å². The molecule has 1 unspecified atom stereocenters. The molecule has 1 atom stereocenters. The average Bonchev–Trinajstić information content (AvgIpc) is 2.21. The van der Waals surface area contributed by atoms with Crippen LogP contribution in [0.25, 0.3) is 0 Å². The molecule has 1 fully saturated rings. The van der Waals surface area contributed by atoms with Crippen LogP contribution >= 0.6 is 0 Å². The quantitative estimate of drug-likeness (QED) is 0.478. The van der Waals surface area contributed by atoms with E-state index in [-0.39, 0.29) is 58.8 Å². The topological polar surface area (TPSA) is 15.3 Å². The molecule has 1 aliphatic heterocycles. The summed E-state index contributed by atoms with van der Waals surface area (Å²) in [4.78, 5) is 2.47. The second-order valence-corrected chi connectivity index (χ2v) is 2.81. The van der Waals surface area contributed by atoms with Gasteiger partial charge in [-0.2, -0.15) is 6.42 Å². The zero-order valence-corrected chi connectivity index (χ0v) is 14.1. The van der Waals surface area contributed by atoms with Crippen LogP contribution in [0.5, 0.6) is 0 Å². The summed E-state index contributed by atoms with van der Waals surface area (Å²) in [6.45, 7) is 9.84. The van der Waals surface area contributed by atoms with E-state index in [4.69, 9.17) is 0 Å². The van der Waals surface area contributed by atoms with Gasteiger partial charge in [0.05, 0.1) is 0 Å². The molecule has 2 nitrogen and oxygen atoms in total. The summed E-state index contributed by atoms with van der Waals surface area (Å²) >= 11 is 0. The molecule has 0 bridgehead atoms. The van der Waals surface area contributed by atoms with Crippen LogP contribution in [0.2, 0.25) is 0 Å². The molecular formula is C11H26KN2-. The molecule has 0 saturated carbocycles. The van der Waals surface area contributed by atoms with Crippen LogP contribution < -0.4 is 56.7 Å². The monoisotopic (exact) mass is 225 g/mol. The molecule has 0 aromatic carbocycles. The molecule has 0 aromatic heterocycles.